The van der Waals surface area contributed by atoms with E-state index in [1.165, 1.54) is 11.0 Å². The Morgan fingerprint density at radius 2 is 1.74 bits per heavy atom. The van der Waals surface area contributed by atoms with Crippen LogP contribution in [0.3, 0.4) is 0 Å². The predicted molar refractivity (Wildman–Crippen MR) is 135 cm³/mol. The third-order valence-corrected chi connectivity index (χ3v) is 6.55. The molecule has 3 rings (SSSR count). The summed E-state index contributed by atoms with van der Waals surface area (Å²) in [4.78, 5) is 30.0. The van der Waals surface area contributed by atoms with Crippen LogP contribution in [-0.4, -0.2) is 59.4 Å². The number of hydrogen-bond donors (Lipinski definition) is 1. The van der Waals surface area contributed by atoms with Crippen LogP contribution in [0, 0.1) is 0 Å². The molecular weight excluding hydrogens is 475 g/mol. The van der Waals surface area contributed by atoms with Crippen molar-refractivity contribution in [2.75, 3.05) is 32.8 Å². The number of rotatable bonds is 10. The first-order chi connectivity index (χ1) is 16.3. The van der Waals surface area contributed by atoms with Gasteiger partial charge in [-0.15, -0.1) is 0 Å². The molecule has 1 aliphatic rings. The summed E-state index contributed by atoms with van der Waals surface area (Å²) < 4.78 is 5.46. The van der Waals surface area contributed by atoms with Gasteiger partial charge in [0.05, 0.1) is 23.2 Å². The van der Waals surface area contributed by atoms with Gasteiger partial charge < -0.3 is 19.6 Å². The Labute approximate surface area is 210 Å². The molecule has 1 fully saturated rings. The molecule has 2 aromatic carbocycles. The number of carbonyl (C=O) groups is 2. The van der Waals surface area contributed by atoms with Crippen molar-refractivity contribution in [2.45, 2.75) is 33.2 Å². The highest BCUT2D eigenvalue weighted by molar-refractivity contribution is 6.46. The first kappa shape index (κ1) is 26.1. The van der Waals surface area contributed by atoms with Crippen LogP contribution in [0.2, 0.25) is 10.0 Å². The number of amides is 1. The van der Waals surface area contributed by atoms with Gasteiger partial charge in [-0.05, 0) is 68.9 Å². The smallest absolute Gasteiger partial charge is 0.295 e. The van der Waals surface area contributed by atoms with E-state index >= 15 is 0 Å². The second kappa shape index (κ2) is 11.7. The summed E-state index contributed by atoms with van der Waals surface area (Å²) in [6.45, 7) is 9.48. The summed E-state index contributed by atoms with van der Waals surface area (Å²) in [5.74, 6) is -1.13. The molecule has 0 aliphatic carbocycles. The molecule has 2 aromatic rings. The van der Waals surface area contributed by atoms with Gasteiger partial charge in [0.25, 0.3) is 11.7 Å². The maximum Gasteiger partial charge on any atom is 0.295 e. The van der Waals surface area contributed by atoms with Crippen LogP contribution < -0.4 is 4.74 Å². The molecule has 1 amide bonds. The van der Waals surface area contributed by atoms with Crippen molar-refractivity contribution in [3.63, 3.8) is 0 Å². The molecule has 0 bridgehead atoms. The number of aliphatic hydroxyl groups excluding tert-OH is 1. The van der Waals surface area contributed by atoms with Gasteiger partial charge in [-0.25, -0.2) is 0 Å². The standard InChI is InChI=1S/C26H30Cl2N2O4/c1-4-29(5-2)14-7-15-30-23(17-8-11-19(27)12-9-17)22(25(32)26(30)33)24(31)18-10-13-21(34-6-3)20(28)16-18/h8-13,16,23,31H,4-7,14-15H2,1-3H3/b24-22-. The lowest BCUT2D eigenvalue weighted by molar-refractivity contribution is -0.140. The van der Waals surface area contributed by atoms with Gasteiger partial charge in [0.15, 0.2) is 0 Å². The Hall–Kier alpha value is -2.54. The van der Waals surface area contributed by atoms with Crippen molar-refractivity contribution in [1.82, 2.24) is 9.80 Å². The average molecular weight is 505 g/mol. The summed E-state index contributed by atoms with van der Waals surface area (Å²) in [6, 6.07) is 11.0. The van der Waals surface area contributed by atoms with E-state index in [0.29, 0.717) is 46.5 Å². The number of nitrogens with zero attached hydrogens (tertiary/aromatic N) is 2. The maximum atomic E-state index is 13.1. The molecule has 1 unspecified atom stereocenters. The Bertz CT molecular complexity index is 1060. The maximum absolute atomic E-state index is 13.1. The molecular formula is C26H30Cl2N2O4. The van der Waals surface area contributed by atoms with E-state index in [-0.39, 0.29) is 11.3 Å². The van der Waals surface area contributed by atoms with Crippen molar-refractivity contribution >= 4 is 40.7 Å². The monoisotopic (exact) mass is 504 g/mol. The quantitative estimate of drug-likeness (QED) is 0.261. The first-order valence-corrected chi connectivity index (χ1v) is 12.3. The lowest BCUT2D eigenvalue weighted by Crippen LogP contribution is -2.33. The van der Waals surface area contributed by atoms with Crippen LogP contribution in [0.1, 0.15) is 44.4 Å². The molecule has 6 nitrogen and oxygen atoms in total. The van der Waals surface area contributed by atoms with Crippen LogP contribution in [0.5, 0.6) is 5.75 Å². The second-order valence-electron chi connectivity index (χ2n) is 8.00. The normalized spacial score (nSPS) is 17.6. The summed E-state index contributed by atoms with van der Waals surface area (Å²) in [5.41, 5.74) is 1.08. The molecule has 0 spiro atoms. The van der Waals surface area contributed by atoms with Crippen molar-refractivity contribution in [3.05, 3.63) is 69.2 Å². The zero-order chi connectivity index (χ0) is 24.8. The third kappa shape index (κ3) is 5.57. The molecule has 1 aliphatic heterocycles. The number of benzene rings is 2. The minimum atomic E-state index is -0.723. The molecule has 8 heteroatoms. The minimum absolute atomic E-state index is 0.0374. The van der Waals surface area contributed by atoms with Gasteiger partial charge in [0.1, 0.15) is 11.5 Å². The average Bonchev–Trinajstić information content (AvgIpc) is 3.08. The largest absolute Gasteiger partial charge is 0.507 e. The molecule has 1 N–H and O–H groups in total. The van der Waals surface area contributed by atoms with E-state index in [4.69, 9.17) is 27.9 Å². The van der Waals surface area contributed by atoms with E-state index < -0.39 is 17.7 Å². The fourth-order valence-corrected chi connectivity index (χ4v) is 4.54. The number of likely N-dealkylation sites (tertiary alicyclic amines) is 1. The topological polar surface area (TPSA) is 70.1 Å². The highest BCUT2D eigenvalue weighted by Crippen LogP contribution is 2.40. The van der Waals surface area contributed by atoms with E-state index in [9.17, 15) is 14.7 Å². The summed E-state index contributed by atoms with van der Waals surface area (Å²) in [7, 11) is 0. The fourth-order valence-electron chi connectivity index (χ4n) is 4.18. The number of halogens is 2. The molecule has 182 valence electrons. The zero-order valence-electron chi connectivity index (χ0n) is 19.7. The molecule has 1 saturated heterocycles. The SMILES string of the molecule is CCOc1ccc(/C(O)=C2/C(=O)C(=O)N(CCCN(CC)CC)C2c2ccc(Cl)cc2)cc1Cl. The van der Waals surface area contributed by atoms with Gasteiger partial charge in [-0.1, -0.05) is 49.2 Å². The Kier molecular flexibility index (Phi) is 9.00. The number of Topliss-reactive ketones (excluding diaryl/α,β-unsaturated/α-hetero) is 1. The van der Waals surface area contributed by atoms with Gasteiger partial charge in [0, 0.05) is 17.1 Å². The molecule has 34 heavy (non-hydrogen) atoms. The van der Waals surface area contributed by atoms with Gasteiger partial charge in [0.2, 0.25) is 0 Å². The number of hydrogen-bond acceptors (Lipinski definition) is 5. The second-order valence-corrected chi connectivity index (χ2v) is 8.85. The lowest BCUT2D eigenvalue weighted by Gasteiger charge is -2.27. The Balaban J connectivity index is 2.03. The number of ether oxygens (including phenoxy) is 1. The van der Waals surface area contributed by atoms with E-state index in [0.717, 1.165) is 19.6 Å². The van der Waals surface area contributed by atoms with E-state index in [1.807, 2.05) is 6.92 Å². The van der Waals surface area contributed by atoms with Crippen molar-refractivity contribution in [3.8, 4) is 5.75 Å². The molecule has 1 heterocycles. The highest BCUT2D eigenvalue weighted by Gasteiger charge is 2.45. The van der Waals surface area contributed by atoms with Crippen molar-refractivity contribution in [2.24, 2.45) is 0 Å². The van der Waals surface area contributed by atoms with E-state index in [2.05, 4.69) is 18.7 Å². The van der Waals surface area contributed by atoms with Crippen LogP contribution in [0.4, 0.5) is 0 Å². The van der Waals surface area contributed by atoms with Crippen LogP contribution in [0.25, 0.3) is 5.76 Å². The van der Waals surface area contributed by atoms with Gasteiger partial charge in [-0.3, -0.25) is 9.59 Å². The minimum Gasteiger partial charge on any atom is -0.507 e. The zero-order valence-corrected chi connectivity index (χ0v) is 21.2. The van der Waals surface area contributed by atoms with Gasteiger partial charge in [-0.2, -0.15) is 0 Å². The van der Waals surface area contributed by atoms with Gasteiger partial charge >= 0.3 is 0 Å². The summed E-state index contributed by atoms with van der Waals surface area (Å²) >= 11 is 12.4. The van der Waals surface area contributed by atoms with Crippen LogP contribution >= 0.6 is 23.2 Å². The van der Waals surface area contributed by atoms with Crippen molar-refractivity contribution in [1.29, 1.82) is 0 Å². The molecule has 0 saturated carbocycles. The van der Waals surface area contributed by atoms with Crippen LogP contribution in [0.15, 0.2) is 48.0 Å². The van der Waals surface area contributed by atoms with Crippen LogP contribution in [-0.2, 0) is 9.59 Å². The summed E-state index contributed by atoms with van der Waals surface area (Å²) in [6.07, 6.45) is 0.702. The number of ketones is 1. The fraction of sp³-hybridized carbons (Fsp3) is 0.385. The Morgan fingerprint density at radius 1 is 1.06 bits per heavy atom. The number of aliphatic hydroxyl groups is 1. The summed E-state index contributed by atoms with van der Waals surface area (Å²) in [5, 5.41) is 12.0. The third-order valence-electron chi connectivity index (χ3n) is 6.00. The molecule has 0 aromatic heterocycles. The first-order valence-electron chi connectivity index (χ1n) is 11.5. The Morgan fingerprint density at radius 3 is 2.32 bits per heavy atom. The van der Waals surface area contributed by atoms with E-state index in [1.54, 1.807) is 36.4 Å². The molecule has 1 atom stereocenters. The predicted octanol–water partition coefficient (Wildman–Crippen LogP) is 5.55. The lowest BCUT2D eigenvalue weighted by atomic mass is 9.95. The molecule has 0 radical (unpaired) electrons. The number of carbonyl (C=O) groups excluding carboxylic acids is 2. The highest BCUT2D eigenvalue weighted by atomic mass is 35.5. The van der Waals surface area contributed by atoms with Crippen molar-refractivity contribution < 1.29 is 19.4 Å².